The van der Waals surface area contributed by atoms with Crippen LogP contribution in [-0.2, 0) is 6.54 Å². The third-order valence-corrected chi connectivity index (χ3v) is 6.02. The Balaban J connectivity index is 1.46. The molecule has 2 aliphatic carbocycles. The first-order chi connectivity index (χ1) is 12.7. The zero-order valence-corrected chi connectivity index (χ0v) is 15.4. The Labute approximate surface area is 154 Å². The summed E-state index contributed by atoms with van der Waals surface area (Å²) >= 11 is 0. The van der Waals surface area contributed by atoms with Crippen molar-refractivity contribution in [2.75, 3.05) is 18.5 Å². The van der Waals surface area contributed by atoms with Gasteiger partial charge in [-0.05, 0) is 63.5 Å². The van der Waals surface area contributed by atoms with Gasteiger partial charge in [0, 0.05) is 35.1 Å². The summed E-state index contributed by atoms with van der Waals surface area (Å²) in [5.41, 5.74) is 9.77. The number of anilines is 1. The summed E-state index contributed by atoms with van der Waals surface area (Å²) in [6.45, 7) is 7.90. The highest BCUT2D eigenvalue weighted by Crippen LogP contribution is 2.42. The highest BCUT2D eigenvalue weighted by Gasteiger charge is 2.30. The van der Waals surface area contributed by atoms with Crippen molar-refractivity contribution in [2.45, 2.75) is 45.3 Å². The molecule has 0 aromatic carbocycles. The maximum absolute atomic E-state index is 4.40. The van der Waals surface area contributed by atoms with Gasteiger partial charge >= 0.3 is 0 Å². The lowest BCUT2D eigenvalue weighted by Crippen LogP contribution is -2.49. The second kappa shape index (κ2) is 6.18. The molecule has 1 saturated heterocycles. The molecule has 3 heterocycles. The van der Waals surface area contributed by atoms with E-state index in [-0.39, 0.29) is 0 Å². The molecule has 1 fully saturated rings. The first-order valence-electron chi connectivity index (χ1n) is 9.64. The first-order valence-corrected chi connectivity index (χ1v) is 9.64. The lowest BCUT2D eigenvalue weighted by atomic mass is 9.99. The first kappa shape index (κ1) is 16.0. The summed E-state index contributed by atoms with van der Waals surface area (Å²) in [5.74, 6) is 0. The van der Waals surface area contributed by atoms with Gasteiger partial charge in [-0.15, -0.1) is 5.10 Å². The second-order valence-corrected chi connectivity index (χ2v) is 7.83. The van der Waals surface area contributed by atoms with E-state index in [2.05, 4.69) is 63.6 Å². The van der Waals surface area contributed by atoms with Gasteiger partial charge in [-0.2, -0.15) is 5.10 Å². The molecule has 0 atom stereocenters. The number of nitrogens with zero attached hydrogens (tertiary/aromatic N) is 4. The number of hydrogen-bond donors (Lipinski definition) is 1. The minimum atomic E-state index is 0.586. The molecule has 0 unspecified atom stereocenters. The maximum Gasteiger partial charge on any atom is 0.101 e. The topological polar surface area (TPSA) is 44.3 Å². The lowest BCUT2D eigenvalue weighted by Gasteiger charge is -2.42. The van der Waals surface area contributed by atoms with E-state index in [1.54, 1.807) is 6.20 Å². The number of likely N-dealkylation sites (tertiary alicyclic amines) is 1. The lowest BCUT2D eigenvalue weighted by molar-refractivity contribution is 0.102. The number of hydrogen-bond acceptors (Lipinski definition) is 5. The fraction of sp³-hybridized carbons (Fsp3) is 0.429. The Morgan fingerprint density at radius 1 is 1.08 bits per heavy atom. The number of rotatable bonds is 2. The Kier molecular flexibility index (Phi) is 3.80. The molecule has 5 rings (SSSR count). The van der Waals surface area contributed by atoms with E-state index in [4.69, 9.17) is 0 Å². The van der Waals surface area contributed by atoms with Crippen LogP contribution in [0.4, 0.5) is 5.69 Å². The molecular formula is C21H25N5. The Morgan fingerprint density at radius 2 is 1.92 bits per heavy atom. The molecule has 0 radical (unpaired) electrons. The van der Waals surface area contributed by atoms with E-state index >= 15 is 0 Å². The van der Waals surface area contributed by atoms with E-state index in [0.717, 1.165) is 17.4 Å². The molecular weight excluding hydrogens is 322 g/mol. The quantitative estimate of drug-likeness (QED) is 0.765. The van der Waals surface area contributed by atoms with Crippen LogP contribution in [-0.4, -0.2) is 45.3 Å². The zero-order valence-electron chi connectivity index (χ0n) is 15.4. The monoisotopic (exact) mass is 347 g/mol. The molecule has 0 amide bonds. The van der Waals surface area contributed by atoms with E-state index in [1.165, 1.54) is 48.3 Å². The number of nitrogens with one attached hydrogen (secondary N) is 1. The average Bonchev–Trinajstić information content (AvgIpc) is 3.03. The van der Waals surface area contributed by atoms with Crippen molar-refractivity contribution in [1.29, 1.82) is 0 Å². The van der Waals surface area contributed by atoms with Crippen LogP contribution in [0, 0.1) is 0 Å². The summed E-state index contributed by atoms with van der Waals surface area (Å²) in [5, 5.41) is 12.1. The third-order valence-electron chi connectivity index (χ3n) is 6.02. The van der Waals surface area contributed by atoms with Crippen LogP contribution in [0.15, 0.2) is 36.5 Å². The van der Waals surface area contributed by atoms with Gasteiger partial charge in [-0.3, -0.25) is 0 Å². The van der Waals surface area contributed by atoms with Crippen LogP contribution >= 0.6 is 0 Å². The minimum Gasteiger partial charge on any atom is -0.318 e. The van der Waals surface area contributed by atoms with Crippen LogP contribution in [0.25, 0.3) is 22.0 Å². The third kappa shape index (κ3) is 2.54. The number of piperidine rings is 1. The molecule has 2 aliphatic heterocycles. The van der Waals surface area contributed by atoms with Gasteiger partial charge in [0.25, 0.3) is 0 Å². The van der Waals surface area contributed by atoms with E-state index in [9.17, 15) is 0 Å². The molecule has 4 aliphatic rings. The van der Waals surface area contributed by atoms with Gasteiger partial charge < -0.3 is 10.3 Å². The van der Waals surface area contributed by atoms with Gasteiger partial charge in [0.1, 0.15) is 5.52 Å². The molecule has 1 N–H and O–H groups in total. The van der Waals surface area contributed by atoms with Gasteiger partial charge in [0.2, 0.25) is 0 Å². The molecule has 0 bridgehead atoms. The fourth-order valence-corrected chi connectivity index (χ4v) is 4.52. The Bertz CT molecular complexity index is 914. The van der Waals surface area contributed by atoms with Crippen molar-refractivity contribution in [3.63, 3.8) is 0 Å². The minimum absolute atomic E-state index is 0.586. The van der Waals surface area contributed by atoms with Crippen molar-refractivity contribution in [2.24, 2.45) is 0 Å². The van der Waals surface area contributed by atoms with Crippen molar-refractivity contribution in [1.82, 2.24) is 20.1 Å². The van der Waals surface area contributed by atoms with Crippen LogP contribution in [0.1, 0.15) is 32.3 Å². The zero-order chi connectivity index (χ0) is 17.7. The number of hydrazine groups is 1. The summed E-state index contributed by atoms with van der Waals surface area (Å²) in [4.78, 5) is 2.58. The molecule has 1 aromatic rings. The standard InChI is InChI=1S/C21H25N5/c1-14(2)25-11-8-17(9-12-25)26-13-16-4-3-15-7-10-22-23-21(15)18-5-6-19(24-26)20(16)18/h3-7,10,14,17,24H,8-9,11-13H2,1-2H3. The van der Waals surface area contributed by atoms with Gasteiger partial charge in [0.05, 0.1) is 11.9 Å². The summed E-state index contributed by atoms with van der Waals surface area (Å²) < 4.78 is 0. The largest absolute Gasteiger partial charge is 0.318 e. The highest BCUT2D eigenvalue weighted by atomic mass is 15.5. The van der Waals surface area contributed by atoms with Crippen molar-refractivity contribution in [3.8, 4) is 11.1 Å². The smallest absolute Gasteiger partial charge is 0.101 e. The van der Waals surface area contributed by atoms with E-state index < -0.39 is 0 Å². The number of fused-ring (bicyclic) bond motifs is 2. The van der Waals surface area contributed by atoms with Crippen molar-refractivity contribution < 1.29 is 0 Å². The Hall–Kier alpha value is -2.24. The second-order valence-electron chi connectivity index (χ2n) is 7.83. The molecule has 5 nitrogen and oxygen atoms in total. The van der Waals surface area contributed by atoms with Crippen molar-refractivity contribution in [3.05, 3.63) is 42.1 Å². The van der Waals surface area contributed by atoms with Gasteiger partial charge in [-0.25, -0.2) is 5.01 Å². The maximum atomic E-state index is 4.40. The van der Waals surface area contributed by atoms with Crippen LogP contribution < -0.4 is 5.43 Å². The fourth-order valence-electron chi connectivity index (χ4n) is 4.52. The summed E-state index contributed by atoms with van der Waals surface area (Å²) in [6.07, 6.45) is 4.21. The van der Waals surface area contributed by atoms with Gasteiger partial charge in [-0.1, -0.05) is 12.1 Å². The molecule has 0 saturated carbocycles. The van der Waals surface area contributed by atoms with E-state index in [0.29, 0.717) is 12.1 Å². The number of aromatic nitrogens is 2. The van der Waals surface area contributed by atoms with Crippen LogP contribution in [0.5, 0.6) is 0 Å². The molecule has 134 valence electrons. The SMILES string of the molecule is CC(C)N1CCC(N2Cc3ccc4ccnnc4c4ccc(c3-4)N2)CC1. The predicted molar refractivity (Wildman–Crippen MR) is 105 cm³/mol. The van der Waals surface area contributed by atoms with Crippen LogP contribution in [0.2, 0.25) is 0 Å². The molecule has 0 spiro atoms. The Morgan fingerprint density at radius 3 is 2.73 bits per heavy atom. The van der Waals surface area contributed by atoms with Crippen LogP contribution in [0.3, 0.4) is 0 Å². The average molecular weight is 347 g/mol. The molecule has 26 heavy (non-hydrogen) atoms. The van der Waals surface area contributed by atoms with Gasteiger partial charge in [0.15, 0.2) is 0 Å². The summed E-state index contributed by atoms with van der Waals surface area (Å²) in [7, 11) is 0. The van der Waals surface area contributed by atoms with Crippen molar-refractivity contribution >= 4 is 16.6 Å². The molecule has 5 heteroatoms. The van der Waals surface area contributed by atoms with E-state index in [1.807, 2.05) is 6.07 Å². The highest BCUT2D eigenvalue weighted by molar-refractivity contribution is 6.00. The normalized spacial score (nSPS) is 19.3. The molecule has 1 aromatic heterocycles. The summed E-state index contributed by atoms with van der Waals surface area (Å²) in [6, 6.07) is 12.1. The predicted octanol–water partition coefficient (Wildman–Crippen LogP) is 3.75.